The third kappa shape index (κ3) is 3.69. The Kier molecular flexibility index (Phi) is 4.43. The van der Waals surface area contributed by atoms with E-state index in [4.69, 9.17) is 5.73 Å². The van der Waals surface area contributed by atoms with Gasteiger partial charge in [-0.1, -0.05) is 27.7 Å². The predicted octanol–water partition coefficient (Wildman–Crippen LogP) is 1.57. The van der Waals surface area contributed by atoms with Crippen LogP contribution in [-0.4, -0.2) is 22.4 Å². The molecule has 0 bridgehead atoms. The van der Waals surface area contributed by atoms with Crippen LogP contribution in [0.4, 0.5) is 5.69 Å². The Hall–Kier alpha value is -1.65. The molecule has 17 heavy (non-hydrogen) atoms. The van der Waals surface area contributed by atoms with Crippen molar-refractivity contribution in [2.45, 2.75) is 33.6 Å². The molecular formula is C12H20N4O. The summed E-state index contributed by atoms with van der Waals surface area (Å²) in [6.07, 6.45) is 1.49. The predicted molar refractivity (Wildman–Crippen MR) is 67.7 cm³/mol. The molecule has 1 rings (SSSR count). The van der Waals surface area contributed by atoms with E-state index in [-0.39, 0.29) is 17.5 Å². The maximum absolute atomic E-state index is 11.9. The van der Waals surface area contributed by atoms with Crippen molar-refractivity contribution in [1.29, 1.82) is 0 Å². The highest BCUT2D eigenvalue weighted by Crippen LogP contribution is 2.13. The summed E-state index contributed by atoms with van der Waals surface area (Å²) in [6, 6.07) is 0. The van der Waals surface area contributed by atoms with Crippen LogP contribution in [0.1, 0.15) is 49.9 Å². The lowest BCUT2D eigenvalue weighted by Gasteiger charge is -2.10. The Balaban J connectivity index is 2.88. The summed E-state index contributed by atoms with van der Waals surface area (Å²) < 4.78 is 0. The molecule has 0 saturated heterocycles. The Bertz CT molecular complexity index is 401. The van der Waals surface area contributed by atoms with E-state index < -0.39 is 0 Å². The number of nitrogens with one attached hydrogen (secondary N) is 1. The monoisotopic (exact) mass is 236 g/mol. The zero-order chi connectivity index (χ0) is 13.0. The minimum atomic E-state index is -0.236. The SMILES string of the molecule is CC(C)CNC(=O)c1nc(C(C)C)ncc1N. The van der Waals surface area contributed by atoms with Crippen molar-refractivity contribution in [2.75, 3.05) is 12.3 Å². The van der Waals surface area contributed by atoms with Gasteiger partial charge in [0.25, 0.3) is 5.91 Å². The normalized spacial score (nSPS) is 10.9. The molecule has 5 heteroatoms. The van der Waals surface area contributed by atoms with Crippen molar-refractivity contribution in [3.63, 3.8) is 0 Å². The van der Waals surface area contributed by atoms with Crippen LogP contribution in [0.15, 0.2) is 6.20 Å². The van der Waals surface area contributed by atoms with Gasteiger partial charge in [-0.2, -0.15) is 0 Å². The quantitative estimate of drug-likeness (QED) is 0.831. The number of carbonyl (C=O) groups is 1. The lowest BCUT2D eigenvalue weighted by Crippen LogP contribution is -2.29. The van der Waals surface area contributed by atoms with Crippen LogP contribution < -0.4 is 11.1 Å². The summed E-state index contributed by atoms with van der Waals surface area (Å²) in [5, 5.41) is 2.80. The van der Waals surface area contributed by atoms with Gasteiger partial charge in [-0.3, -0.25) is 4.79 Å². The van der Waals surface area contributed by atoms with Gasteiger partial charge in [0.2, 0.25) is 0 Å². The molecule has 0 atom stereocenters. The largest absolute Gasteiger partial charge is 0.396 e. The lowest BCUT2D eigenvalue weighted by molar-refractivity contribution is 0.0944. The van der Waals surface area contributed by atoms with Crippen LogP contribution in [0.5, 0.6) is 0 Å². The average Bonchev–Trinajstić information content (AvgIpc) is 2.26. The van der Waals surface area contributed by atoms with Crippen molar-refractivity contribution in [3.05, 3.63) is 17.7 Å². The van der Waals surface area contributed by atoms with Gasteiger partial charge in [0.05, 0.1) is 11.9 Å². The van der Waals surface area contributed by atoms with Gasteiger partial charge < -0.3 is 11.1 Å². The van der Waals surface area contributed by atoms with Crippen LogP contribution in [0.2, 0.25) is 0 Å². The summed E-state index contributed by atoms with van der Waals surface area (Å²) in [6.45, 7) is 8.62. The second-order valence-corrected chi connectivity index (χ2v) is 4.79. The Morgan fingerprint density at radius 2 is 2.06 bits per heavy atom. The van der Waals surface area contributed by atoms with E-state index in [1.54, 1.807) is 0 Å². The van der Waals surface area contributed by atoms with Crippen molar-refractivity contribution in [3.8, 4) is 0 Å². The molecule has 1 aromatic heterocycles. The van der Waals surface area contributed by atoms with Crippen molar-refractivity contribution >= 4 is 11.6 Å². The molecule has 5 nitrogen and oxygen atoms in total. The van der Waals surface area contributed by atoms with Crippen LogP contribution in [0.25, 0.3) is 0 Å². The molecule has 1 aromatic rings. The fraction of sp³-hybridized carbons (Fsp3) is 0.583. The number of anilines is 1. The second kappa shape index (κ2) is 5.61. The first-order valence-electron chi connectivity index (χ1n) is 5.82. The summed E-state index contributed by atoms with van der Waals surface area (Å²) in [5.74, 6) is 0.966. The van der Waals surface area contributed by atoms with Crippen LogP contribution >= 0.6 is 0 Å². The topological polar surface area (TPSA) is 80.9 Å². The number of amides is 1. The molecule has 0 aliphatic carbocycles. The Morgan fingerprint density at radius 3 is 2.59 bits per heavy atom. The maximum Gasteiger partial charge on any atom is 0.272 e. The summed E-state index contributed by atoms with van der Waals surface area (Å²) >= 11 is 0. The Labute approximate surface area is 102 Å². The smallest absolute Gasteiger partial charge is 0.272 e. The molecule has 0 spiro atoms. The van der Waals surface area contributed by atoms with Gasteiger partial charge >= 0.3 is 0 Å². The van der Waals surface area contributed by atoms with E-state index in [9.17, 15) is 4.79 Å². The van der Waals surface area contributed by atoms with Crippen molar-refractivity contribution in [2.24, 2.45) is 5.92 Å². The van der Waals surface area contributed by atoms with Crippen LogP contribution in [0, 0.1) is 5.92 Å². The molecule has 0 fully saturated rings. The summed E-state index contributed by atoms with van der Waals surface area (Å²) in [4.78, 5) is 20.2. The van der Waals surface area contributed by atoms with Gasteiger partial charge in [0.1, 0.15) is 5.82 Å². The minimum absolute atomic E-state index is 0.173. The molecule has 1 amide bonds. The average molecular weight is 236 g/mol. The number of nitrogens with two attached hydrogens (primary N) is 1. The zero-order valence-corrected chi connectivity index (χ0v) is 10.8. The third-order valence-electron chi connectivity index (χ3n) is 2.24. The van der Waals surface area contributed by atoms with E-state index in [1.807, 2.05) is 27.7 Å². The Morgan fingerprint density at radius 1 is 1.41 bits per heavy atom. The van der Waals surface area contributed by atoms with Crippen LogP contribution in [0.3, 0.4) is 0 Å². The first-order valence-corrected chi connectivity index (χ1v) is 5.82. The summed E-state index contributed by atoms with van der Waals surface area (Å²) in [7, 11) is 0. The number of nitrogens with zero attached hydrogens (tertiary/aromatic N) is 2. The first kappa shape index (κ1) is 13.4. The van der Waals surface area contributed by atoms with E-state index in [0.29, 0.717) is 24.0 Å². The molecule has 1 heterocycles. The van der Waals surface area contributed by atoms with E-state index in [2.05, 4.69) is 15.3 Å². The van der Waals surface area contributed by atoms with Gasteiger partial charge in [-0.05, 0) is 5.92 Å². The molecule has 94 valence electrons. The number of hydrogen-bond acceptors (Lipinski definition) is 4. The molecule has 0 radical (unpaired) electrons. The van der Waals surface area contributed by atoms with Gasteiger partial charge in [0, 0.05) is 12.5 Å². The van der Waals surface area contributed by atoms with Crippen molar-refractivity contribution < 1.29 is 4.79 Å². The van der Waals surface area contributed by atoms with Crippen molar-refractivity contribution in [1.82, 2.24) is 15.3 Å². The number of hydrogen-bond donors (Lipinski definition) is 2. The van der Waals surface area contributed by atoms with Crippen LogP contribution in [-0.2, 0) is 0 Å². The highest BCUT2D eigenvalue weighted by molar-refractivity contribution is 5.96. The zero-order valence-electron chi connectivity index (χ0n) is 10.8. The van der Waals surface area contributed by atoms with Gasteiger partial charge in [0.15, 0.2) is 5.69 Å². The molecule has 0 aliphatic heterocycles. The fourth-order valence-corrected chi connectivity index (χ4v) is 1.25. The second-order valence-electron chi connectivity index (χ2n) is 4.79. The highest BCUT2D eigenvalue weighted by atomic mass is 16.1. The number of carbonyl (C=O) groups excluding carboxylic acids is 1. The molecule has 0 saturated carbocycles. The fourth-order valence-electron chi connectivity index (χ4n) is 1.25. The van der Waals surface area contributed by atoms with E-state index >= 15 is 0 Å². The minimum Gasteiger partial charge on any atom is -0.396 e. The standard InChI is InChI=1S/C12H20N4O/c1-7(2)5-15-12(17)10-9(13)6-14-11(16-10)8(3)4/h6-8H,5,13H2,1-4H3,(H,15,17). The van der Waals surface area contributed by atoms with Gasteiger partial charge in [-0.15, -0.1) is 0 Å². The molecule has 0 aliphatic rings. The van der Waals surface area contributed by atoms with Gasteiger partial charge in [-0.25, -0.2) is 9.97 Å². The molecule has 0 unspecified atom stereocenters. The molecular weight excluding hydrogens is 216 g/mol. The van der Waals surface area contributed by atoms with E-state index in [1.165, 1.54) is 6.20 Å². The third-order valence-corrected chi connectivity index (χ3v) is 2.24. The highest BCUT2D eigenvalue weighted by Gasteiger charge is 2.14. The molecule has 3 N–H and O–H groups in total. The number of nitrogen functional groups attached to an aromatic ring is 1. The number of aromatic nitrogens is 2. The molecule has 0 aromatic carbocycles. The first-order chi connectivity index (χ1) is 7.91. The maximum atomic E-state index is 11.9. The van der Waals surface area contributed by atoms with E-state index in [0.717, 1.165) is 0 Å². The number of rotatable bonds is 4. The summed E-state index contributed by atoms with van der Waals surface area (Å²) in [5.41, 5.74) is 6.29. The lowest BCUT2D eigenvalue weighted by atomic mass is 10.2.